The highest BCUT2D eigenvalue weighted by Crippen LogP contribution is 2.54. The second-order valence-corrected chi connectivity index (χ2v) is 5.81. The Labute approximate surface area is 174 Å². The molecule has 2 atom stereocenters. The van der Waals surface area contributed by atoms with Crippen molar-refractivity contribution >= 4 is 5.97 Å². The maximum Gasteiger partial charge on any atom is 0.462 e. The topological polar surface area (TPSA) is 35.5 Å². The molecule has 35 heavy (non-hydrogen) atoms. The highest BCUT2D eigenvalue weighted by molar-refractivity contribution is 5.79. The summed E-state index contributed by atoms with van der Waals surface area (Å²) in [5.41, 5.74) is 0. The molecule has 0 spiro atoms. The lowest BCUT2D eigenvalue weighted by atomic mass is 10.0. The molecule has 0 saturated carbocycles. The lowest BCUT2D eigenvalue weighted by Crippen LogP contribution is -2.66. The molecular formula is C11HF21O3. The van der Waals surface area contributed by atoms with Gasteiger partial charge in [-0.3, -0.25) is 4.74 Å². The van der Waals surface area contributed by atoms with Crippen molar-refractivity contribution in [2.75, 3.05) is 0 Å². The van der Waals surface area contributed by atoms with Crippen molar-refractivity contribution in [2.45, 2.75) is 60.5 Å². The predicted molar refractivity (Wildman–Crippen MR) is 58.8 cm³/mol. The van der Waals surface area contributed by atoms with Crippen molar-refractivity contribution in [3.8, 4) is 0 Å². The Balaban J connectivity index is 6.74. The van der Waals surface area contributed by atoms with Gasteiger partial charge >= 0.3 is 60.4 Å². The van der Waals surface area contributed by atoms with E-state index in [0.717, 1.165) is 0 Å². The molecule has 0 aliphatic heterocycles. The summed E-state index contributed by atoms with van der Waals surface area (Å²) in [6.07, 6.45) is -45.2. The van der Waals surface area contributed by atoms with Gasteiger partial charge in [-0.25, -0.2) is 4.79 Å². The number of carbonyl (C=O) groups is 1. The molecule has 3 nitrogen and oxygen atoms in total. The van der Waals surface area contributed by atoms with Crippen LogP contribution in [-0.2, 0) is 14.3 Å². The molecule has 0 aromatic heterocycles. The third-order valence-electron chi connectivity index (χ3n) is 3.24. The Bertz CT molecular complexity index is 769. The summed E-state index contributed by atoms with van der Waals surface area (Å²) in [5, 5.41) is 0. The number of halogens is 21. The van der Waals surface area contributed by atoms with E-state index >= 15 is 0 Å². The quantitative estimate of drug-likeness (QED) is 0.261. The summed E-state index contributed by atoms with van der Waals surface area (Å²) in [6.45, 7) is 0. The molecule has 210 valence electrons. The van der Waals surface area contributed by atoms with Gasteiger partial charge in [-0.1, -0.05) is 0 Å². The molecule has 0 bridgehead atoms. The molecule has 0 aliphatic carbocycles. The van der Waals surface area contributed by atoms with Crippen LogP contribution in [-0.4, -0.2) is 66.5 Å². The minimum absolute atomic E-state index is 1.33. The average molecular weight is 580 g/mol. The van der Waals surface area contributed by atoms with E-state index in [4.69, 9.17) is 0 Å². The van der Waals surface area contributed by atoms with Crippen LogP contribution in [0.25, 0.3) is 0 Å². The van der Waals surface area contributed by atoms with Crippen LogP contribution in [0.3, 0.4) is 0 Å². The predicted octanol–water partition coefficient (Wildman–Crippen LogP) is 6.33. The van der Waals surface area contributed by atoms with Crippen molar-refractivity contribution in [3.05, 3.63) is 0 Å². The molecule has 0 rings (SSSR count). The van der Waals surface area contributed by atoms with E-state index in [1.807, 2.05) is 4.74 Å². The molecule has 0 aliphatic rings. The zero-order valence-corrected chi connectivity index (χ0v) is 14.7. The molecular weight excluding hydrogens is 579 g/mol. The molecule has 0 heterocycles. The number of alkyl halides is 21. The number of hydrogen-bond donors (Lipinski definition) is 0. The minimum atomic E-state index is -7.98. The summed E-state index contributed by atoms with van der Waals surface area (Å²) in [7, 11) is 0. The van der Waals surface area contributed by atoms with E-state index < -0.39 is 66.5 Å². The molecule has 0 saturated heterocycles. The van der Waals surface area contributed by atoms with Crippen LogP contribution >= 0.6 is 0 Å². The maximum atomic E-state index is 13.7. The Morgan fingerprint density at radius 2 is 0.857 bits per heavy atom. The van der Waals surface area contributed by atoms with Crippen LogP contribution in [0.4, 0.5) is 92.2 Å². The third kappa shape index (κ3) is 5.70. The van der Waals surface area contributed by atoms with Crippen LogP contribution in [0, 0.1) is 0 Å². The minimum Gasteiger partial charge on any atom is -0.441 e. The van der Waals surface area contributed by atoms with Gasteiger partial charge < -0.3 is 4.74 Å². The van der Waals surface area contributed by atoms with Crippen LogP contribution < -0.4 is 0 Å². The SMILES string of the molecule is O=C(OC(C(F)(F)F)C(F)(F)C(F)(F)C(F)(F)F)C(F)(OC(F)(F)C(F)(F)C(F)(F)F)C(F)(F)F. The lowest BCUT2D eigenvalue weighted by Gasteiger charge is -2.37. The zero-order chi connectivity index (χ0) is 29.1. The fourth-order valence-electron chi connectivity index (χ4n) is 1.50. The van der Waals surface area contributed by atoms with Crippen molar-refractivity contribution in [1.29, 1.82) is 0 Å². The average Bonchev–Trinajstić information content (AvgIpc) is 2.54. The number of rotatable bonds is 7. The first-order chi connectivity index (χ1) is 14.7. The number of esters is 1. The van der Waals surface area contributed by atoms with Gasteiger partial charge in [0.25, 0.3) is 6.10 Å². The summed E-state index contributed by atoms with van der Waals surface area (Å²) in [6, 6.07) is 0. The maximum absolute atomic E-state index is 13.7. The van der Waals surface area contributed by atoms with Gasteiger partial charge in [0.2, 0.25) is 0 Å². The molecule has 24 heteroatoms. The smallest absolute Gasteiger partial charge is 0.441 e. The Hall–Kier alpha value is -2.04. The van der Waals surface area contributed by atoms with Crippen LogP contribution in [0.1, 0.15) is 0 Å². The van der Waals surface area contributed by atoms with Crippen molar-refractivity contribution in [1.82, 2.24) is 0 Å². The summed E-state index contributed by atoms with van der Waals surface area (Å²) in [5.74, 6) is -36.7. The first-order valence-electron chi connectivity index (χ1n) is 7.10. The standard InChI is InChI=1S/C11HF21O3/c12-3(13,6(18,19)9(25,26)27)1(5(15,16)17)34-2(33)4(14,8(22,23)24)35-11(31,32)7(20,21)10(28,29)30/h1H. The molecule has 0 aromatic rings. The number of carbonyl (C=O) groups excluding carboxylic acids is 1. The van der Waals surface area contributed by atoms with Gasteiger partial charge in [0, 0.05) is 0 Å². The van der Waals surface area contributed by atoms with E-state index in [0.29, 0.717) is 0 Å². The normalized spacial score (nSPS) is 18.2. The molecule has 0 N–H and O–H groups in total. The summed E-state index contributed by atoms with van der Waals surface area (Å²) in [4.78, 5) is 11.0. The second-order valence-electron chi connectivity index (χ2n) is 5.81. The summed E-state index contributed by atoms with van der Waals surface area (Å²) >= 11 is 0. The van der Waals surface area contributed by atoms with Crippen LogP contribution in [0.5, 0.6) is 0 Å². The second kappa shape index (κ2) is 8.52. The van der Waals surface area contributed by atoms with E-state index in [1.54, 1.807) is 0 Å². The molecule has 2 unspecified atom stereocenters. The monoisotopic (exact) mass is 580 g/mol. The highest BCUT2D eigenvalue weighted by Gasteiger charge is 2.83. The first-order valence-corrected chi connectivity index (χ1v) is 7.10. The molecule has 0 radical (unpaired) electrons. The molecule has 0 aromatic carbocycles. The van der Waals surface area contributed by atoms with Crippen molar-refractivity contribution in [2.24, 2.45) is 0 Å². The Morgan fingerprint density at radius 1 is 0.514 bits per heavy atom. The Kier molecular flexibility index (Phi) is 8.02. The fraction of sp³-hybridized carbons (Fsp3) is 0.909. The van der Waals surface area contributed by atoms with E-state index in [9.17, 15) is 97.0 Å². The largest absolute Gasteiger partial charge is 0.462 e. The van der Waals surface area contributed by atoms with Gasteiger partial charge in [0.05, 0.1) is 0 Å². The van der Waals surface area contributed by atoms with Gasteiger partial charge in [-0.05, 0) is 0 Å². The summed E-state index contributed by atoms with van der Waals surface area (Å²) < 4.78 is 267. The zero-order valence-electron chi connectivity index (χ0n) is 14.7. The van der Waals surface area contributed by atoms with Gasteiger partial charge in [0.15, 0.2) is 0 Å². The lowest BCUT2D eigenvalue weighted by molar-refractivity contribution is -0.476. The van der Waals surface area contributed by atoms with E-state index in [1.165, 1.54) is 4.74 Å². The Morgan fingerprint density at radius 3 is 1.11 bits per heavy atom. The van der Waals surface area contributed by atoms with Crippen LogP contribution in [0.15, 0.2) is 0 Å². The fourth-order valence-corrected chi connectivity index (χ4v) is 1.50. The van der Waals surface area contributed by atoms with E-state index in [-0.39, 0.29) is 0 Å². The van der Waals surface area contributed by atoms with Crippen molar-refractivity contribution in [3.63, 3.8) is 0 Å². The number of ether oxygens (including phenoxy) is 2. The first kappa shape index (κ1) is 33.0. The van der Waals surface area contributed by atoms with Gasteiger partial charge in [-0.2, -0.15) is 92.2 Å². The van der Waals surface area contributed by atoms with Gasteiger partial charge in [0.1, 0.15) is 0 Å². The van der Waals surface area contributed by atoms with Crippen LogP contribution in [0.2, 0.25) is 0 Å². The van der Waals surface area contributed by atoms with Crippen molar-refractivity contribution < 1.29 is 106 Å². The number of hydrogen-bond acceptors (Lipinski definition) is 3. The molecule has 0 amide bonds. The third-order valence-corrected chi connectivity index (χ3v) is 3.24. The molecule has 0 fully saturated rings. The van der Waals surface area contributed by atoms with E-state index in [2.05, 4.69) is 0 Å². The van der Waals surface area contributed by atoms with Gasteiger partial charge in [-0.15, -0.1) is 0 Å². The highest BCUT2D eigenvalue weighted by atomic mass is 19.4.